The molecule has 5 rings (SSSR count). The van der Waals surface area contributed by atoms with Crippen LogP contribution in [-0.2, 0) is 26.2 Å². The lowest BCUT2D eigenvalue weighted by Crippen LogP contribution is -2.52. The van der Waals surface area contributed by atoms with E-state index in [1.54, 1.807) is 19.1 Å². The van der Waals surface area contributed by atoms with Crippen LogP contribution in [0.15, 0.2) is 23.2 Å². The standard InChI is InChI=1S/C23H31N3O3/c1-28-12-11-26-20(27)23(25-21(26)24)19-13-16(15-3-4-15)5-6-17(19)14-22(23)9-7-18(29-2)8-10-22/h5-6,13,15,18H,3-4,7-12,14H2,1-2H3,(H2,24,25)/t18?,22?,23-/m1/s1. The van der Waals surface area contributed by atoms with E-state index >= 15 is 0 Å². The number of ether oxygens (including phenoxy) is 2. The fourth-order valence-electron chi connectivity index (χ4n) is 5.95. The van der Waals surface area contributed by atoms with E-state index in [9.17, 15) is 4.79 Å². The maximum absolute atomic E-state index is 14.0. The third-order valence-corrected chi connectivity index (χ3v) is 7.72. The van der Waals surface area contributed by atoms with Gasteiger partial charge in [0, 0.05) is 19.6 Å². The summed E-state index contributed by atoms with van der Waals surface area (Å²) >= 11 is 0. The van der Waals surface area contributed by atoms with E-state index in [-0.39, 0.29) is 17.4 Å². The maximum atomic E-state index is 14.0. The molecule has 29 heavy (non-hydrogen) atoms. The molecule has 0 aromatic heterocycles. The second-order valence-electron chi connectivity index (χ2n) is 9.21. The number of carbonyl (C=O) groups is 1. The molecule has 6 nitrogen and oxygen atoms in total. The summed E-state index contributed by atoms with van der Waals surface area (Å²) in [5.74, 6) is 1.01. The first kappa shape index (κ1) is 19.1. The molecule has 3 aliphatic carbocycles. The highest BCUT2D eigenvalue weighted by Gasteiger charge is 2.66. The average Bonchev–Trinajstić information content (AvgIpc) is 3.50. The second-order valence-corrected chi connectivity index (χ2v) is 9.21. The monoisotopic (exact) mass is 397 g/mol. The van der Waals surface area contributed by atoms with Gasteiger partial charge in [-0.2, -0.15) is 0 Å². The summed E-state index contributed by atoms with van der Waals surface area (Å²) in [4.78, 5) is 20.6. The predicted octanol–water partition coefficient (Wildman–Crippen LogP) is 2.69. The van der Waals surface area contributed by atoms with Crippen molar-refractivity contribution >= 4 is 11.9 Å². The number of rotatable bonds is 5. The minimum Gasteiger partial charge on any atom is -0.383 e. The molecule has 4 aliphatic rings. The first-order valence-electron chi connectivity index (χ1n) is 10.9. The first-order chi connectivity index (χ1) is 14.0. The van der Waals surface area contributed by atoms with E-state index in [4.69, 9.17) is 20.2 Å². The molecule has 156 valence electrons. The van der Waals surface area contributed by atoms with Gasteiger partial charge in [0.2, 0.25) is 0 Å². The molecule has 0 bridgehead atoms. The van der Waals surface area contributed by atoms with Crippen LogP contribution in [0, 0.1) is 5.41 Å². The molecule has 1 heterocycles. The van der Waals surface area contributed by atoms with Gasteiger partial charge in [-0.3, -0.25) is 9.69 Å². The van der Waals surface area contributed by atoms with Crippen molar-refractivity contribution in [3.05, 3.63) is 34.9 Å². The third kappa shape index (κ3) is 2.68. The summed E-state index contributed by atoms with van der Waals surface area (Å²) in [6.45, 7) is 0.895. The molecular weight excluding hydrogens is 366 g/mol. The Kier molecular flexibility index (Phi) is 4.48. The maximum Gasteiger partial charge on any atom is 0.262 e. The summed E-state index contributed by atoms with van der Waals surface area (Å²) < 4.78 is 10.9. The fourth-order valence-corrected chi connectivity index (χ4v) is 5.95. The smallest absolute Gasteiger partial charge is 0.262 e. The zero-order valence-electron chi connectivity index (χ0n) is 17.4. The van der Waals surface area contributed by atoms with Gasteiger partial charge in [0.05, 0.1) is 19.3 Å². The normalized spacial score (nSPS) is 33.6. The predicted molar refractivity (Wildman–Crippen MR) is 111 cm³/mol. The van der Waals surface area contributed by atoms with E-state index in [1.807, 2.05) is 0 Å². The average molecular weight is 398 g/mol. The van der Waals surface area contributed by atoms with Crippen LogP contribution >= 0.6 is 0 Å². The lowest BCUT2D eigenvalue weighted by atomic mass is 9.61. The van der Waals surface area contributed by atoms with E-state index < -0.39 is 5.54 Å². The van der Waals surface area contributed by atoms with E-state index in [0.717, 1.165) is 37.7 Å². The topological polar surface area (TPSA) is 77.2 Å². The summed E-state index contributed by atoms with van der Waals surface area (Å²) in [5.41, 5.74) is 8.97. The number of guanidine groups is 1. The highest BCUT2D eigenvalue weighted by molar-refractivity contribution is 6.08. The molecule has 1 aromatic carbocycles. The molecule has 1 aromatic rings. The van der Waals surface area contributed by atoms with Gasteiger partial charge >= 0.3 is 0 Å². The number of nitrogens with zero attached hydrogens (tertiary/aromatic N) is 2. The fraction of sp³-hybridized carbons (Fsp3) is 0.652. The Morgan fingerprint density at radius 1 is 1.21 bits per heavy atom. The van der Waals surface area contributed by atoms with Crippen LogP contribution in [0.5, 0.6) is 0 Å². The van der Waals surface area contributed by atoms with Crippen LogP contribution in [0.2, 0.25) is 0 Å². The van der Waals surface area contributed by atoms with E-state index in [2.05, 4.69) is 18.2 Å². The van der Waals surface area contributed by atoms with Crippen LogP contribution in [-0.4, -0.2) is 50.2 Å². The van der Waals surface area contributed by atoms with Gasteiger partial charge in [0.25, 0.3) is 5.91 Å². The highest BCUT2D eigenvalue weighted by atomic mass is 16.5. The molecule has 1 atom stereocenters. The van der Waals surface area contributed by atoms with Gasteiger partial charge in [0.15, 0.2) is 11.5 Å². The minimum atomic E-state index is -0.885. The summed E-state index contributed by atoms with van der Waals surface area (Å²) in [7, 11) is 3.43. The number of carbonyl (C=O) groups excluding carboxylic acids is 1. The van der Waals surface area contributed by atoms with Gasteiger partial charge in [-0.1, -0.05) is 18.2 Å². The van der Waals surface area contributed by atoms with Crippen molar-refractivity contribution in [2.75, 3.05) is 27.4 Å². The van der Waals surface area contributed by atoms with Crippen molar-refractivity contribution in [1.29, 1.82) is 0 Å². The number of benzene rings is 1. The molecule has 1 amide bonds. The molecule has 0 radical (unpaired) electrons. The number of hydrogen-bond donors (Lipinski definition) is 1. The van der Waals surface area contributed by atoms with Gasteiger partial charge in [-0.15, -0.1) is 0 Å². The number of methoxy groups -OCH3 is 2. The minimum absolute atomic E-state index is 0.0367. The van der Waals surface area contributed by atoms with Gasteiger partial charge in [0.1, 0.15) is 0 Å². The number of nitrogens with two attached hydrogens (primary N) is 1. The molecule has 2 fully saturated rings. The number of hydrogen-bond acceptors (Lipinski definition) is 5. The number of aliphatic imine (C=N–C) groups is 1. The summed E-state index contributed by atoms with van der Waals surface area (Å²) in [6.07, 6.45) is 7.43. The van der Waals surface area contributed by atoms with E-state index in [0.29, 0.717) is 25.0 Å². The molecule has 1 aliphatic heterocycles. The Labute approximate surface area is 172 Å². The molecule has 2 saturated carbocycles. The van der Waals surface area contributed by atoms with Crippen molar-refractivity contribution in [2.24, 2.45) is 16.1 Å². The van der Waals surface area contributed by atoms with Crippen LogP contribution in [0.4, 0.5) is 0 Å². The molecule has 2 N–H and O–H groups in total. The lowest BCUT2D eigenvalue weighted by Gasteiger charge is -2.45. The van der Waals surface area contributed by atoms with Crippen molar-refractivity contribution in [3.8, 4) is 0 Å². The van der Waals surface area contributed by atoms with Gasteiger partial charge in [-0.05, 0) is 67.6 Å². The second kappa shape index (κ2) is 6.81. The number of amides is 1. The summed E-state index contributed by atoms with van der Waals surface area (Å²) in [5, 5.41) is 0. The van der Waals surface area contributed by atoms with Gasteiger partial charge in [-0.25, -0.2) is 4.99 Å². The third-order valence-electron chi connectivity index (χ3n) is 7.72. The molecule has 0 unspecified atom stereocenters. The Hall–Kier alpha value is -1.92. The quantitative estimate of drug-likeness (QED) is 0.829. The van der Waals surface area contributed by atoms with Crippen molar-refractivity contribution in [1.82, 2.24) is 4.90 Å². The molecule has 2 spiro atoms. The van der Waals surface area contributed by atoms with Crippen molar-refractivity contribution in [3.63, 3.8) is 0 Å². The van der Waals surface area contributed by atoms with Crippen LogP contribution in [0.3, 0.4) is 0 Å². The Bertz CT molecular complexity index is 855. The Morgan fingerprint density at radius 3 is 2.62 bits per heavy atom. The van der Waals surface area contributed by atoms with Crippen LogP contribution < -0.4 is 5.73 Å². The zero-order valence-corrected chi connectivity index (χ0v) is 17.4. The SMILES string of the molecule is COCCN1C(=O)[C@]2(N=C1N)c1cc(C3CC3)ccc1CC21CCC(OC)CC1. The molecule has 6 heteroatoms. The summed E-state index contributed by atoms with van der Waals surface area (Å²) in [6, 6.07) is 6.79. The van der Waals surface area contributed by atoms with Gasteiger partial charge < -0.3 is 15.2 Å². The Balaban J connectivity index is 1.61. The molecular formula is C23H31N3O3. The lowest BCUT2D eigenvalue weighted by molar-refractivity contribution is -0.138. The number of fused-ring (bicyclic) bond motifs is 3. The Morgan fingerprint density at radius 2 is 1.97 bits per heavy atom. The van der Waals surface area contributed by atoms with Crippen LogP contribution in [0.25, 0.3) is 0 Å². The largest absolute Gasteiger partial charge is 0.383 e. The zero-order chi connectivity index (χ0) is 20.2. The highest BCUT2D eigenvalue weighted by Crippen LogP contribution is 2.62. The van der Waals surface area contributed by atoms with E-state index in [1.165, 1.54) is 24.0 Å². The van der Waals surface area contributed by atoms with Crippen LogP contribution in [0.1, 0.15) is 61.1 Å². The first-order valence-corrected chi connectivity index (χ1v) is 10.9. The van der Waals surface area contributed by atoms with Crippen molar-refractivity contribution in [2.45, 2.75) is 62.5 Å². The molecule has 0 saturated heterocycles. The van der Waals surface area contributed by atoms with Crippen molar-refractivity contribution < 1.29 is 14.3 Å².